The molecule has 0 aromatic heterocycles. The summed E-state index contributed by atoms with van der Waals surface area (Å²) in [6.07, 6.45) is 1.38. The molecule has 0 atom stereocenters. The Morgan fingerprint density at radius 1 is 1.00 bits per heavy atom. The third-order valence-electron chi connectivity index (χ3n) is 4.18. The molecule has 30 heavy (non-hydrogen) atoms. The van der Waals surface area contributed by atoms with Crippen LogP contribution in [0.1, 0.15) is 21.5 Å². The molecular weight excluding hydrogens is 400 g/mol. The molecule has 0 radical (unpaired) electrons. The number of para-hydroxylation sites is 1. The summed E-state index contributed by atoms with van der Waals surface area (Å²) in [6.45, 7) is 1.92. The van der Waals surface area contributed by atoms with Crippen molar-refractivity contribution in [1.29, 1.82) is 5.26 Å². The molecule has 0 fully saturated rings. The van der Waals surface area contributed by atoms with Crippen LogP contribution in [-0.4, -0.2) is 11.9 Å². The van der Waals surface area contributed by atoms with Gasteiger partial charge in [0.05, 0.1) is 5.56 Å². The molecular formula is C24H17ClN2O3. The van der Waals surface area contributed by atoms with Crippen molar-refractivity contribution in [2.45, 2.75) is 6.92 Å². The molecule has 6 heteroatoms. The molecule has 1 amide bonds. The third kappa shape index (κ3) is 5.34. The zero-order valence-electron chi connectivity index (χ0n) is 16.1. The van der Waals surface area contributed by atoms with E-state index in [1.165, 1.54) is 6.08 Å². The summed E-state index contributed by atoms with van der Waals surface area (Å²) < 4.78 is 5.49. The molecule has 148 valence electrons. The van der Waals surface area contributed by atoms with Crippen LogP contribution in [-0.2, 0) is 4.79 Å². The summed E-state index contributed by atoms with van der Waals surface area (Å²) in [5, 5.41) is 12.6. The van der Waals surface area contributed by atoms with E-state index in [9.17, 15) is 14.9 Å². The minimum absolute atomic E-state index is 0.135. The van der Waals surface area contributed by atoms with E-state index in [1.807, 2.05) is 25.1 Å². The average Bonchev–Trinajstić information content (AvgIpc) is 2.75. The molecule has 0 unspecified atom stereocenters. The highest BCUT2D eigenvalue weighted by molar-refractivity contribution is 6.30. The molecule has 0 aliphatic heterocycles. The van der Waals surface area contributed by atoms with E-state index in [-0.39, 0.29) is 11.3 Å². The number of hydrogen-bond donors (Lipinski definition) is 1. The van der Waals surface area contributed by atoms with Crippen LogP contribution in [0.3, 0.4) is 0 Å². The lowest BCUT2D eigenvalue weighted by atomic mass is 10.1. The lowest BCUT2D eigenvalue weighted by Gasteiger charge is -2.09. The molecule has 3 aromatic rings. The molecule has 3 aromatic carbocycles. The molecule has 0 spiro atoms. The first-order chi connectivity index (χ1) is 14.5. The van der Waals surface area contributed by atoms with E-state index >= 15 is 0 Å². The quantitative estimate of drug-likeness (QED) is 0.261. The van der Waals surface area contributed by atoms with Gasteiger partial charge in [0, 0.05) is 16.3 Å². The van der Waals surface area contributed by atoms with Crippen LogP contribution in [0.4, 0.5) is 5.69 Å². The smallest absolute Gasteiger partial charge is 0.343 e. The minimum atomic E-state index is -0.584. The van der Waals surface area contributed by atoms with E-state index in [0.29, 0.717) is 21.8 Å². The van der Waals surface area contributed by atoms with Crippen LogP contribution >= 0.6 is 11.6 Å². The molecule has 3 rings (SSSR count). The maximum Gasteiger partial charge on any atom is 0.343 e. The maximum atomic E-state index is 12.5. The van der Waals surface area contributed by atoms with Gasteiger partial charge in [-0.05, 0) is 55.5 Å². The highest BCUT2D eigenvalue weighted by Gasteiger charge is 2.14. The zero-order chi connectivity index (χ0) is 21.5. The Kier molecular flexibility index (Phi) is 6.63. The number of carbonyl (C=O) groups is 2. The van der Waals surface area contributed by atoms with Gasteiger partial charge in [0.25, 0.3) is 5.91 Å². The second-order valence-corrected chi connectivity index (χ2v) is 6.86. The van der Waals surface area contributed by atoms with Crippen LogP contribution in [0.5, 0.6) is 5.75 Å². The van der Waals surface area contributed by atoms with Gasteiger partial charge in [-0.25, -0.2) is 4.79 Å². The number of halogens is 1. The first kappa shape index (κ1) is 20.8. The number of amides is 1. The largest absolute Gasteiger partial charge is 0.422 e. The average molecular weight is 417 g/mol. The SMILES string of the molecule is Cc1ccc(C(=O)Oc2ccccc2/C=C(\C#N)C(=O)Nc2ccc(Cl)cc2)cc1. The second kappa shape index (κ2) is 9.55. The number of aryl methyl sites for hydroxylation is 1. The molecule has 0 aliphatic rings. The van der Waals surface area contributed by atoms with Crippen molar-refractivity contribution in [2.24, 2.45) is 0 Å². The number of carbonyl (C=O) groups excluding carboxylic acids is 2. The van der Waals surface area contributed by atoms with Gasteiger partial charge in [-0.15, -0.1) is 0 Å². The highest BCUT2D eigenvalue weighted by Crippen LogP contribution is 2.23. The normalized spacial score (nSPS) is 10.8. The number of nitriles is 1. The summed E-state index contributed by atoms with van der Waals surface area (Å²) in [4.78, 5) is 24.9. The number of nitrogens with one attached hydrogen (secondary N) is 1. The topological polar surface area (TPSA) is 79.2 Å². The van der Waals surface area contributed by atoms with E-state index in [2.05, 4.69) is 5.32 Å². The molecule has 0 saturated carbocycles. The fourth-order valence-electron chi connectivity index (χ4n) is 2.58. The van der Waals surface area contributed by atoms with Crippen LogP contribution < -0.4 is 10.1 Å². The first-order valence-corrected chi connectivity index (χ1v) is 9.40. The number of ether oxygens (including phenoxy) is 1. The Labute approximate surface area is 179 Å². The summed E-state index contributed by atoms with van der Waals surface area (Å²) >= 11 is 5.84. The fraction of sp³-hybridized carbons (Fsp3) is 0.0417. The standard InChI is InChI=1S/C24H17ClN2O3/c1-16-6-8-17(9-7-16)24(29)30-22-5-3-2-4-18(22)14-19(15-26)23(28)27-21-12-10-20(25)11-13-21/h2-14H,1H3,(H,27,28)/b19-14+. The van der Waals surface area contributed by atoms with Crippen LogP contribution in [0.15, 0.2) is 78.4 Å². The maximum absolute atomic E-state index is 12.5. The number of hydrogen-bond acceptors (Lipinski definition) is 4. The molecule has 0 aliphatic carbocycles. The van der Waals surface area contributed by atoms with Crippen molar-refractivity contribution in [3.63, 3.8) is 0 Å². The number of benzene rings is 3. The van der Waals surface area contributed by atoms with Gasteiger partial charge in [0.1, 0.15) is 17.4 Å². The van der Waals surface area contributed by atoms with Gasteiger partial charge in [-0.1, -0.05) is 47.5 Å². The molecule has 5 nitrogen and oxygen atoms in total. The Morgan fingerprint density at radius 2 is 1.67 bits per heavy atom. The van der Waals surface area contributed by atoms with Gasteiger partial charge in [-0.3, -0.25) is 4.79 Å². The van der Waals surface area contributed by atoms with Crippen molar-refractivity contribution in [3.8, 4) is 11.8 Å². The van der Waals surface area contributed by atoms with Crippen molar-refractivity contribution in [2.75, 3.05) is 5.32 Å². The van der Waals surface area contributed by atoms with Gasteiger partial charge in [0.15, 0.2) is 0 Å². The lowest BCUT2D eigenvalue weighted by Crippen LogP contribution is -2.13. The van der Waals surface area contributed by atoms with Crippen molar-refractivity contribution >= 4 is 35.2 Å². The van der Waals surface area contributed by atoms with E-state index in [1.54, 1.807) is 60.7 Å². The zero-order valence-corrected chi connectivity index (χ0v) is 16.8. The van der Waals surface area contributed by atoms with Crippen LogP contribution in [0.2, 0.25) is 5.02 Å². The summed E-state index contributed by atoms with van der Waals surface area (Å²) in [6, 6.07) is 22.1. The van der Waals surface area contributed by atoms with Crippen LogP contribution in [0, 0.1) is 18.3 Å². The molecule has 0 bridgehead atoms. The lowest BCUT2D eigenvalue weighted by molar-refractivity contribution is -0.112. The predicted molar refractivity (Wildman–Crippen MR) is 116 cm³/mol. The number of nitrogens with zero attached hydrogens (tertiary/aromatic N) is 1. The monoisotopic (exact) mass is 416 g/mol. The van der Waals surface area contributed by atoms with Gasteiger partial charge in [0.2, 0.25) is 0 Å². The number of esters is 1. The van der Waals surface area contributed by atoms with Crippen molar-refractivity contribution in [1.82, 2.24) is 0 Å². The van der Waals surface area contributed by atoms with Gasteiger partial charge < -0.3 is 10.1 Å². The van der Waals surface area contributed by atoms with Crippen LogP contribution in [0.25, 0.3) is 6.08 Å². The van der Waals surface area contributed by atoms with Crippen molar-refractivity contribution in [3.05, 3.63) is 100 Å². The summed E-state index contributed by atoms with van der Waals surface area (Å²) in [7, 11) is 0. The Bertz CT molecular complexity index is 1140. The van der Waals surface area contributed by atoms with Gasteiger partial charge in [-0.2, -0.15) is 5.26 Å². The fourth-order valence-corrected chi connectivity index (χ4v) is 2.70. The van der Waals surface area contributed by atoms with Crippen molar-refractivity contribution < 1.29 is 14.3 Å². The second-order valence-electron chi connectivity index (χ2n) is 6.42. The molecule has 0 saturated heterocycles. The number of anilines is 1. The number of rotatable bonds is 5. The Balaban J connectivity index is 1.82. The molecule has 0 heterocycles. The third-order valence-corrected chi connectivity index (χ3v) is 4.43. The minimum Gasteiger partial charge on any atom is -0.422 e. The Morgan fingerprint density at radius 3 is 2.33 bits per heavy atom. The summed E-state index contributed by atoms with van der Waals surface area (Å²) in [5.41, 5.74) is 2.23. The van der Waals surface area contributed by atoms with E-state index in [0.717, 1.165) is 5.56 Å². The predicted octanol–water partition coefficient (Wildman–Crippen LogP) is 5.41. The Hall–Kier alpha value is -3.88. The van der Waals surface area contributed by atoms with E-state index < -0.39 is 11.9 Å². The van der Waals surface area contributed by atoms with Gasteiger partial charge >= 0.3 is 5.97 Å². The highest BCUT2D eigenvalue weighted by atomic mass is 35.5. The van der Waals surface area contributed by atoms with E-state index in [4.69, 9.17) is 16.3 Å². The summed E-state index contributed by atoms with van der Waals surface area (Å²) in [5.74, 6) is -0.866. The molecule has 1 N–H and O–H groups in total. The first-order valence-electron chi connectivity index (χ1n) is 9.03.